The number of benzene rings is 1. The van der Waals surface area contributed by atoms with Gasteiger partial charge in [-0.05, 0) is 52.2 Å². The Morgan fingerprint density at radius 2 is 1.56 bits per heavy atom. The van der Waals surface area contributed by atoms with Crippen molar-refractivity contribution in [1.82, 2.24) is 4.31 Å². The molecule has 0 spiro atoms. The van der Waals surface area contributed by atoms with Gasteiger partial charge in [0.25, 0.3) is 0 Å². The van der Waals surface area contributed by atoms with E-state index in [1.807, 2.05) is 40.7 Å². The molecule has 25 heavy (non-hydrogen) atoms. The zero-order chi connectivity index (χ0) is 18.5. The van der Waals surface area contributed by atoms with Gasteiger partial charge in [-0.15, -0.1) is 0 Å². The fourth-order valence-electron chi connectivity index (χ4n) is 2.98. The van der Waals surface area contributed by atoms with Crippen molar-refractivity contribution in [1.29, 1.82) is 0 Å². The van der Waals surface area contributed by atoms with Crippen molar-refractivity contribution in [3.63, 3.8) is 0 Å². The van der Waals surface area contributed by atoms with Crippen molar-refractivity contribution in [3.05, 3.63) is 23.8 Å². The van der Waals surface area contributed by atoms with Crippen molar-refractivity contribution in [2.75, 3.05) is 26.3 Å². The first-order valence-corrected chi connectivity index (χ1v) is 10.0. The smallest absolute Gasteiger partial charge is 0.399 e. The van der Waals surface area contributed by atoms with Crippen LogP contribution in [-0.2, 0) is 24.1 Å². The van der Waals surface area contributed by atoms with Crippen molar-refractivity contribution in [2.24, 2.45) is 0 Å². The lowest BCUT2D eigenvalue weighted by Crippen LogP contribution is -2.41. The van der Waals surface area contributed by atoms with Gasteiger partial charge in [0.1, 0.15) is 0 Å². The van der Waals surface area contributed by atoms with E-state index >= 15 is 0 Å². The summed E-state index contributed by atoms with van der Waals surface area (Å²) in [5.41, 5.74) is 0.652. The Labute approximate surface area is 150 Å². The van der Waals surface area contributed by atoms with Crippen LogP contribution in [0.2, 0.25) is 0 Å². The van der Waals surface area contributed by atoms with Crippen molar-refractivity contribution >= 4 is 22.6 Å². The van der Waals surface area contributed by atoms with Crippen LogP contribution in [0, 0.1) is 6.92 Å². The van der Waals surface area contributed by atoms with Crippen LogP contribution in [0.1, 0.15) is 33.3 Å². The minimum absolute atomic E-state index is 0.277. The molecule has 6 nitrogen and oxygen atoms in total. The molecule has 138 valence electrons. The first-order valence-electron chi connectivity index (χ1n) is 8.58. The number of morpholine rings is 1. The molecule has 0 radical (unpaired) electrons. The van der Waals surface area contributed by atoms with Crippen molar-refractivity contribution in [3.8, 4) is 0 Å². The van der Waals surface area contributed by atoms with Crippen molar-refractivity contribution < 1.29 is 22.5 Å². The van der Waals surface area contributed by atoms with Crippen LogP contribution in [-0.4, -0.2) is 57.3 Å². The van der Waals surface area contributed by atoms with E-state index in [1.54, 1.807) is 12.1 Å². The maximum absolute atomic E-state index is 13.0. The van der Waals surface area contributed by atoms with E-state index in [4.69, 9.17) is 14.0 Å². The third kappa shape index (κ3) is 3.50. The molecule has 0 aromatic heterocycles. The molecule has 0 atom stereocenters. The zero-order valence-electron chi connectivity index (χ0n) is 15.5. The monoisotopic (exact) mass is 367 g/mol. The third-order valence-electron chi connectivity index (χ3n) is 5.21. The second kappa shape index (κ2) is 6.35. The summed E-state index contributed by atoms with van der Waals surface area (Å²) in [4.78, 5) is 0.277. The SMILES string of the molecule is Cc1cc(B2OC(C)(C)C(C)(C)O2)cc(S(=O)(=O)N2CCOCC2)c1. The van der Waals surface area contributed by atoms with Gasteiger partial charge in [-0.2, -0.15) is 4.31 Å². The molecule has 2 saturated heterocycles. The maximum Gasteiger partial charge on any atom is 0.494 e. The molecule has 1 aromatic carbocycles. The molecular formula is C17H26BNO5S. The largest absolute Gasteiger partial charge is 0.494 e. The molecule has 8 heteroatoms. The molecule has 0 N–H and O–H groups in total. The zero-order valence-corrected chi connectivity index (χ0v) is 16.4. The van der Waals surface area contributed by atoms with Gasteiger partial charge in [0.15, 0.2) is 0 Å². The summed E-state index contributed by atoms with van der Waals surface area (Å²) < 4.78 is 44.8. The van der Waals surface area contributed by atoms with Gasteiger partial charge in [0, 0.05) is 13.1 Å². The van der Waals surface area contributed by atoms with Crippen LogP contribution in [0.4, 0.5) is 0 Å². The number of ether oxygens (including phenoxy) is 1. The number of hydrogen-bond donors (Lipinski definition) is 0. The highest BCUT2D eigenvalue weighted by atomic mass is 32.2. The van der Waals surface area contributed by atoms with Gasteiger partial charge >= 0.3 is 7.12 Å². The Bertz CT molecular complexity index is 740. The molecule has 0 aliphatic carbocycles. The Hall–Kier alpha value is -0.925. The number of aryl methyl sites for hydroxylation is 1. The van der Waals surface area contributed by atoms with Crippen LogP contribution in [0.25, 0.3) is 0 Å². The molecule has 2 aliphatic heterocycles. The summed E-state index contributed by atoms with van der Waals surface area (Å²) in [6.07, 6.45) is 0. The van der Waals surface area contributed by atoms with E-state index in [9.17, 15) is 8.42 Å². The number of hydrogen-bond acceptors (Lipinski definition) is 5. The van der Waals surface area contributed by atoms with E-state index in [-0.39, 0.29) is 4.90 Å². The van der Waals surface area contributed by atoms with E-state index in [1.165, 1.54) is 4.31 Å². The van der Waals surface area contributed by atoms with Gasteiger partial charge in [0.05, 0.1) is 29.3 Å². The molecule has 0 saturated carbocycles. The van der Waals surface area contributed by atoms with Crippen LogP contribution in [0.5, 0.6) is 0 Å². The molecule has 3 rings (SSSR count). The number of rotatable bonds is 3. The van der Waals surface area contributed by atoms with E-state index in [2.05, 4.69) is 0 Å². The van der Waals surface area contributed by atoms with E-state index in [0.29, 0.717) is 26.3 Å². The highest BCUT2D eigenvalue weighted by Gasteiger charge is 2.51. The molecule has 2 aliphatic rings. The summed E-state index contributed by atoms with van der Waals surface area (Å²) in [5, 5.41) is 0. The second-order valence-electron chi connectivity index (χ2n) is 7.68. The molecular weight excluding hydrogens is 341 g/mol. The normalized spacial score (nSPS) is 23.8. The Balaban J connectivity index is 1.94. The summed E-state index contributed by atoms with van der Waals surface area (Å²) >= 11 is 0. The van der Waals surface area contributed by atoms with Crippen LogP contribution in [0.3, 0.4) is 0 Å². The standard InChI is InChI=1S/C17H26BNO5S/c1-13-10-14(18-23-16(2,3)17(4,5)24-18)12-15(11-13)25(20,21)19-6-8-22-9-7-19/h10-12H,6-9H2,1-5H3. The fourth-order valence-corrected chi connectivity index (χ4v) is 4.52. The summed E-state index contributed by atoms with van der Waals surface area (Å²) in [7, 11) is -4.13. The quantitative estimate of drug-likeness (QED) is 0.754. The first-order chi connectivity index (χ1) is 11.5. The highest BCUT2D eigenvalue weighted by Crippen LogP contribution is 2.36. The molecule has 0 bridgehead atoms. The van der Waals surface area contributed by atoms with Crippen LogP contribution >= 0.6 is 0 Å². The average Bonchev–Trinajstić information content (AvgIpc) is 2.76. The maximum atomic E-state index is 13.0. The summed E-state index contributed by atoms with van der Waals surface area (Å²) in [5.74, 6) is 0. The van der Waals surface area contributed by atoms with Crippen molar-refractivity contribution in [2.45, 2.75) is 50.7 Å². The Morgan fingerprint density at radius 3 is 2.12 bits per heavy atom. The second-order valence-corrected chi connectivity index (χ2v) is 9.62. The molecule has 1 aromatic rings. The van der Waals surface area contributed by atoms with Gasteiger partial charge in [-0.25, -0.2) is 8.42 Å². The predicted octanol–water partition coefficient (Wildman–Crippen LogP) is 1.32. The van der Waals surface area contributed by atoms with Gasteiger partial charge in [0.2, 0.25) is 10.0 Å². The highest BCUT2D eigenvalue weighted by molar-refractivity contribution is 7.89. The lowest BCUT2D eigenvalue weighted by Gasteiger charge is -2.32. The average molecular weight is 367 g/mol. The number of nitrogens with zero attached hydrogens (tertiary/aromatic N) is 1. The predicted molar refractivity (Wildman–Crippen MR) is 96.5 cm³/mol. The molecule has 2 fully saturated rings. The Morgan fingerprint density at radius 1 is 1.00 bits per heavy atom. The minimum Gasteiger partial charge on any atom is -0.399 e. The first kappa shape index (κ1) is 18.9. The topological polar surface area (TPSA) is 65.1 Å². The van der Waals surface area contributed by atoms with Gasteiger partial charge < -0.3 is 14.0 Å². The minimum atomic E-state index is -3.55. The summed E-state index contributed by atoms with van der Waals surface area (Å²) in [6.45, 7) is 11.4. The van der Waals surface area contributed by atoms with E-state index < -0.39 is 28.3 Å². The molecule has 2 heterocycles. The molecule has 0 amide bonds. The summed E-state index contributed by atoms with van der Waals surface area (Å²) in [6, 6.07) is 5.28. The Kier molecular flexibility index (Phi) is 4.79. The third-order valence-corrected chi connectivity index (χ3v) is 7.08. The fraction of sp³-hybridized carbons (Fsp3) is 0.647. The number of sulfonamides is 1. The molecule has 0 unspecified atom stereocenters. The lowest BCUT2D eigenvalue weighted by atomic mass is 9.78. The lowest BCUT2D eigenvalue weighted by molar-refractivity contribution is 0.00578. The van der Waals surface area contributed by atoms with Crippen LogP contribution < -0.4 is 5.46 Å². The van der Waals surface area contributed by atoms with Gasteiger partial charge in [-0.1, -0.05) is 11.6 Å². The van der Waals surface area contributed by atoms with E-state index in [0.717, 1.165) is 11.0 Å². The van der Waals surface area contributed by atoms with Gasteiger partial charge in [-0.3, -0.25) is 0 Å². The van der Waals surface area contributed by atoms with Crippen LogP contribution in [0.15, 0.2) is 23.1 Å².